The van der Waals surface area contributed by atoms with Gasteiger partial charge in [0.2, 0.25) is 5.91 Å². The van der Waals surface area contributed by atoms with Crippen molar-refractivity contribution in [2.24, 2.45) is 0 Å². The zero-order valence-corrected chi connectivity index (χ0v) is 48.8. The molecule has 2 aliphatic heterocycles. The van der Waals surface area contributed by atoms with Gasteiger partial charge in [0.05, 0.1) is 32.0 Å². The summed E-state index contributed by atoms with van der Waals surface area (Å²) in [6, 6.07) is -0.822. The number of amides is 1. The first-order valence-corrected chi connectivity index (χ1v) is 32.3. The van der Waals surface area contributed by atoms with Crippen LogP contribution in [0.3, 0.4) is 0 Å². The molecule has 1 amide bonds. The maximum Gasteiger partial charge on any atom is 0.220 e. The molecule has 0 aromatic heterocycles. The molecule has 4 unspecified atom stereocenters. The number of aliphatic hydroxyl groups excluding tert-OH is 8. The molecule has 2 saturated heterocycles. The molecule has 12 atom stereocenters. The van der Waals surface area contributed by atoms with E-state index in [0.29, 0.717) is 12.8 Å². The summed E-state index contributed by atoms with van der Waals surface area (Å²) in [5.41, 5.74) is 0. The van der Waals surface area contributed by atoms with Crippen molar-refractivity contribution in [2.45, 2.75) is 370 Å². The number of carbonyl (C=O) groups is 1. The van der Waals surface area contributed by atoms with E-state index in [2.05, 4.69) is 19.2 Å². The second-order valence-corrected chi connectivity index (χ2v) is 23.3. The van der Waals surface area contributed by atoms with Crippen LogP contribution in [0.25, 0.3) is 0 Å². The van der Waals surface area contributed by atoms with E-state index in [1.54, 1.807) is 0 Å². The van der Waals surface area contributed by atoms with Crippen molar-refractivity contribution in [2.75, 3.05) is 19.8 Å². The molecule has 0 radical (unpaired) electrons. The van der Waals surface area contributed by atoms with E-state index in [0.717, 1.165) is 51.4 Å². The predicted molar refractivity (Wildman–Crippen MR) is 305 cm³/mol. The van der Waals surface area contributed by atoms with E-state index in [-0.39, 0.29) is 12.5 Å². The third-order valence-corrected chi connectivity index (χ3v) is 16.3. The third kappa shape index (κ3) is 33.7. The number of unbranched alkanes of at least 4 members (excludes halogenated alkanes) is 40. The molecule has 0 saturated carbocycles. The fourth-order valence-corrected chi connectivity index (χ4v) is 11.1. The number of ether oxygens (including phenoxy) is 4. The Balaban J connectivity index is 1.62. The summed E-state index contributed by atoms with van der Waals surface area (Å²) in [7, 11) is 0. The summed E-state index contributed by atoms with van der Waals surface area (Å²) < 4.78 is 22.8. The van der Waals surface area contributed by atoms with Crippen LogP contribution in [0.2, 0.25) is 0 Å². The Morgan fingerprint density at radius 3 is 1.12 bits per heavy atom. The minimum Gasteiger partial charge on any atom is -0.394 e. The van der Waals surface area contributed by atoms with Crippen molar-refractivity contribution in [3.8, 4) is 0 Å². The Kier molecular flexibility index (Phi) is 45.5. The van der Waals surface area contributed by atoms with Crippen LogP contribution < -0.4 is 5.32 Å². The molecule has 76 heavy (non-hydrogen) atoms. The third-order valence-electron chi connectivity index (χ3n) is 16.3. The van der Waals surface area contributed by atoms with Gasteiger partial charge in [0, 0.05) is 6.42 Å². The Hall–Kier alpha value is -1.01. The van der Waals surface area contributed by atoms with Gasteiger partial charge >= 0.3 is 0 Å². The Morgan fingerprint density at radius 2 is 0.750 bits per heavy atom. The molecule has 2 aliphatic rings. The van der Waals surface area contributed by atoms with E-state index in [1.165, 1.54) is 218 Å². The van der Waals surface area contributed by atoms with E-state index in [1.807, 2.05) is 0 Å². The molecular weight excluding hydrogens is 967 g/mol. The minimum atomic E-state index is -1.78. The van der Waals surface area contributed by atoms with Crippen LogP contribution >= 0.6 is 0 Å². The number of hydrogen-bond acceptors (Lipinski definition) is 13. The molecule has 0 aromatic rings. The highest BCUT2D eigenvalue weighted by molar-refractivity contribution is 5.76. The maximum atomic E-state index is 13.3. The molecule has 0 spiro atoms. The second kappa shape index (κ2) is 48.7. The molecule has 2 fully saturated rings. The summed E-state index contributed by atoms with van der Waals surface area (Å²) in [5.74, 6) is -0.200. The smallest absolute Gasteiger partial charge is 0.220 e. The molecule has 452 valence electrons. The molecule has 2 rings (SSSR count). The molecule has 9 N–H and O–H groups in total. The molecule has 0 aromatic carbocycles. The molecule has 14 heteroatoms. The first-order chi connectivity index (χ1) is 37.1. The van der Waals surface area contributed by atoms with Gasteiger partial charge in [-0.15, -0.1) is 0 Å². The van der Waals surface area contributed by atoms with Crippen LogP contribution in [0.4, 0.5) is 0 Å². The number of hydrogen-bond donors (Lipinski definition) is 9. The number of rotatable bonds is 53. The number of carbonyl (C=O) groups excluding carboxylic acids is 1. The quantitative estimate of drug-likeness (QED) is 0.0259. The highest BCUT2D eigenvalue weighted by atomic mass is 16.7. The lowest BCUT2D eigenvalue weighted by Gasteiger charge is -2.46. The van der Waals surface area contributed by atoms with E-state index in [4.69, 9.17) is 18.9 Å². The van der Waals surface area contributed by atoms with Crippen molar-refractivity contribution in [1.29, 1.82) is 0 Å². The molecule has 0 aliphatic carbocycles. The van der Waals surface area contributed by atoms with Crippen molar-refractivity contribution < 1.29 is 64.6 Å². The van der Waals surface area contributed by atoms with Crippen LogP contribution in [0.1, 0.15) is 296 Å². The molecular formula is C62H121NO13. The number of aliphatic hydroxyl groups is 8. The van der Waals surface area contributed by atoms with Crippen LogP contribution in [-0.4, -0.2) is 140 Å². The largest absolute Gasteiger partial charge is 0.394 e. The Labute approximate surface area is 464 Å². The first kappa shape index (κ1) is 71.1. The van der Waals surface area contributed by atoms with E-state index in [9.17, 15) is 45.6 Å². The summed E-state index contributed by atoms with van der Waals surface area (Å²) in [4.78, 5) is 13.3. The first-order valence-electron chi connectivity index (χ1n) is 32.3. The lowest BCUT2D eigenvalue weighted by atomic mass is 9.97. The standard InChI is InChI=1S/C62H121NO13/c1-3-5-7-9-11-13-15-17-18-19-20-21-22-23-24-25-26-27-28-29-30-31-32-33-34-36-38-40-42-44-46-54(67)63-50(51(66)45-43-41-39-37-35-16-14-12-10-8-6-4-2)49-73-61-59(72)57(70)60(53(48-65)75-61)76-62-58(71)56(69)55(68)52(47-64)74-62/h50-53,55-62,64-66,68-72H,3-49H2,1-2H3,(H,63,67)/t50-,51+,52+,53+,55-,56?,57?,58?,59?,60+,61+,62-/m0/s1. The number of nitrogens with one attached hydrogen (secondary N) is 1. The summed E-state index contributed by atoms with van der Waals surface area (Å²) in [6.45, 7) is 2.89. The monoisotopic (exact) mass is 1090 g/mol. The van der Waals surface area contributed by atoms with Crippen molar-refractivity contribution in [1.82, 2.24) is 5.32 Å². The summed E-state index contributed by atoms with van der Waals surface area (Å²) >= 11 is 0. The predicted octanol–water partition coefficient (Wildman–Crippen LogP) is 11.7. The van der Waals surface area contributed by atoms with Crippen LogP contribution in [0.5, 0.6) is 0 Å². The second-order valence-electron chi connectivity index (χ2n) is 23.3. The van der Waals surface area contributed by atoms with Gasteiger partial charge in [-0.3, -0.25) is 4.79 Å². The van der Waals surface area contributed by atoms with Crippen molar-refractivity contribution in [3.05, 3.63) is 0 Å². The fraction of sp³-hybridized carbons (Fsp3) is 0.984. The maximum absolute atomic E-state index is 13.3. The van der Waals surface area contributed by atoms with Crippen LogP contribution in [-0.2, 0) is 23.7 Å². The minimum absolute atomic E-state index is 0.200. The zero-order chi connectivity index (χ0) is 55.3. The van der Waals surface area contributed by atoms with Gasteiger partial charge in [-0.05, 0) is 12.8 Å². The van der Waals surface area contributed by atoms with Gasteiger partial charge in [-0.25, -0.2) is 0 Å². The molecule has 14 nitrogen and oxygen atoms in total. The van der Waals surface area contributed by atoms with Gasteiger partial charge in [-0.2, -0.15) is 0 Å². The average molecular weight is 1090 g/mol. The lowest BCUT2D eigenvalue weighted by Crippen LogP contribution is -2.65. The van der Waals surface area contributed by atoms with E-state index < -0.39 is 86.8 Å². The lowest BCUT2D eigenvalue weighted by molar-refractivity contribution is -0.359. The van der Waals surface area contributed by atoms with Crippen molar-refractivity contribution in [3.63, 3.8) is 0 Å². The Bertz CT molecular complexity index is 1280. The average Bonchev–Trinajstić information content (AvgIpc) is 3.42. The Morgan fingerprint density at radius 1 is 0.421 bits per heavy atom. The van der Waals surface area contributed by atoms with E-state index >= 15 is 0 Å². The van der Waals surface area contributed by atoms with Crippen LogP contribution in [0.15, 0.2) is 0 Å². The topological polar surface area (TPSA) is 228 Å². The van der Waals surface area contributed by atoms with Gasteiger partial charge in [-0.1, -0.05) is 277 Å². The molecule has 0 bridgehead atoms. The SMILES string of the molecule is CCCCCCCCCCCCCCCCCCCCCCCCCCCCCCCCC(=O)N[C@@H](CO[C@@H]1O[C@H](CO)[C@@H](O[C@@H]2O[C@H](CO)[C@H](O)C(O)C2O)C(O)C1O)[C@H](O)CCCCCCCCCCCCCC. The highest BCUT2D eigenvalue weighted by Gasteiger charge is 2.51. The summed E-state index contributed by atoms with van der Waals surface area (Å²) in [5, 5.41) is 87.2. The van der Waals surface area contributed by atoms with Gasteiger partial charge < -0.3 is 65.1 Å². The van der Waals surface area contributed by atoms with Crippen LogP contribution in [0, 0.1) is 0 Å². The normalized spacial score (nSPS) is 24.8. The van der Waals surface area contributed by atoms with Gasteiger partial charge in [0.15, 0.2) is 12.6 Å². The van der Waals surface area contributed by atoms with Gasteiger partial charge in [0.1, 0.15) is 48.8 Å². The molecule has 2 heterocycles. The summed E-state index contributed by atoms with van der Waals surface area (Å²) in [6.07, 6.45) is 38.5. The van der Waals surface area contributed by atoms with Crippen molar-refractivity contribution >= 4 is 5.91 Å². The highest BCUT2D eigenvalue weighted by Crippen LogP contribution is 2.30. The fourth-order valence-electron chi connectivity index (χ4n) is 11.1. The zero-order valence-electron chi connectivity index (χ0n) is 48.8. The van der Waals surface area contributed by atoms with Gasteiger partial charge in [0.25, 0.3) is 0 Å².